The van der Waals surface area contributed by atoms with Crippen molar-refractivity contribution in [1.82, 2.24) is 5.32 Å². The van der Waals surface area contributed by atoms with Crippen LogP contribution in [-0.4, -0.2) is 31.2 Å². The van der Waals surface area contributed by atoms with E-state index in [9.17, 15) is 9.18 Å². The molecule has 3 rings (SSSR count). The van der Waals surface area contributed by atoms with Gasteiger partial charge >= 0.3 is 0 Å². The summed E-state index contributed by atoms with van der Waals surface area (Å²) in [4.78, 5) is 11.9. The fourth-order valence-electron chi connectivity index (χ4n) is 4.61. The molecule has 2 fully saturated rings. The molecule has 2 aliphatic rings. The molecule has 0 unspecified atom stereocenters. The summed E-state index contributed by atoms with van der Waals surface area (Å²) in [7, 11) is 0. The minimum atomic E-state index is -0.583. The van der Waals surface area contributed by atoms with Crippen molar-refractivity contribution in [3.63, 3.8) is 0 Å². The summed E-state index contributed by atoms with van der Waals surface area (Å²) in [6.07, 6.45) is 7.10. The molecule has 0 radical (unpaired) electrons. The van der Waals surface area contributed by atoms with Gasteiger partial charge in [-0.05, 0) is 93.5 Å². The molecular formula is C21H31FN2O2. The average Bonchev–Trinajstić information content (AvgIpc) is 2.63. The van der Waals surface area contributed by atoms with Gasteiger partial charge in [-0.3, -0.25) is 4.79 Å². The molecule has 0 bridgehead atoms. The molecule has 1 aliphatic carbocycles. The van der Waals surface area contributed by atoms with Gasteiger partial charge in [0.25, 0.3) is 0 Å². The maximum absolute atomic E-state index is 13.3. The molecule has 1 amide bonds. The van der Waals surface area contributed by atoms with Crippen LogP contribution in [0.25, 0.3) is 0 Å². The second-order valence-electron chi connectivity index (χ2n) is 7.99. The van der Waals surface area contributed by atoms with Gasteiger partial charge < -0.3 is 15.8 Å². The van der Waals surface area contributed by atoms with Gasteiger partial charge in [-0.1, -0.05) is 6.07 Å². The zero-order valence-corrected chi connectivity index (χ0v) is 15.7. The largest absolute Gasteiger partial charge is 0.381 e. The number of aryl methyl sites for hydroxylation is 1. The summed E-state index contributed by atoms with van der Waals surface area (Å²) in [5.74, 6) is 0.829. The SMILES string of the molecule is Cc1cc(F)ccc1C1CCC(CCNC2(C(N)=O)CCOCC2)CC1. The fraction of sp³-hybridized carbons (Fsp3) is 0.667. The molecule has 1 aliphatic heterocycles. The van der Waals surface area contributed by atoms with Crippen LogP contribution in [0.1, 0.15) is 62.0 Å². The van der Waals surface area contributed by atoms with Crippen LogP contribution in [0.2, 0.25) is 0 Å². The first kappa shape index (κ1) is 19.3. The number of carbonyl (C=O) groups is 1. The zero-order chi connectivity index (χ0) is 18.6. The molecule has 1 heterocycles. The number of nitrogens with one attached hydrogen (secondary N) is 1. The monoisotopic (exact) mass is 362 g/mol. The molecule has 0 spiro atoms. The highest BCUT2D eigenvalue weighted by atomic mass is 19.1. The van der Waals surface area contributed by atoms with Crippen LogP contribution in [-0.2, 0) is 9.53 Å². The predicted molar refractivity (Wildman–Crippen MR) is 100 cm³/mol. The van der Waals surface area contributed by atoms with E-state index >= 15 is 0 Å². The highest BCUT2D eigenvalue weighted by Gasteiger charge is 2.38. The molecule has 26 heavy (non-hydrogen) atoms. The Morgan fingerprint density at radius 1 is 1.27 bits per heavy atom. The number of hydrogen-bond acceptors (Lipinski definition) is 3. The predicted octanol–water partition coefficient (Wildman–Crippen LogP) is 3.42. The summed E-state index contributed by atoms with van der Waals surface area (Å²) in [5.41, 5.74) is 7.43. The lowest BCUT2D eigenvalue weighted by molar-refractivity contribution is -0.128. The van der Waals surface area contributed by atoms with Gasteiger partial charge in [0.05, 0.1) is 0 Å². The second kappa shape index (κ2) is 8.49. The van der Waals surface area contributed by atoms with Crippen molar-refractivity contribution in [3.8, 4) is 0 Å². The topological polar surface area (TPSA) is 64.3 Å². The number of nitrogens with two attached hydrogens (primary N) is 1. The summed E-state index contributed by atoms with van der Waals surface area (Å²) in [6.45, 7) is 4.02. The van der Waals surface area contributed by atoms with Crippen molar-refractivity contribution in [1.29, 1.82) is 0 Å². The van der Waals surface area contributed by atoms with Gasteiger partial charge in [-0.15, -0.1) is 0 Å². The Morgan fingerprint density at radius 3 is 2.58 bits per heavy atom. The van der Waals surface area contributed by atoms with Crippen LogP contribution in [0.5, 0.6) is 0 Å². The van der Waals surface area contributed by atoms with Crippen molar-refractivity contribution in [3.05, 3.63) is 35.1 Å². The number of benzene rings is 1. The third-order valence-corrected chi connectivity index (χ3v) is 6.35. The van der Waals surface area contributed by atoms with Crippen molar-refractivity contribution >= 4 is 5.91 Å². The van der Waals surface area contributed by atoms with E-state index in [4.69, 9.17) is 10.5 Å². The van der Waals surface area contributed by atoms with Gasteiger partial charge in [0.1, 0.15) is 11.4 Å². The summed E-state index contributed by atoms with van der Waals surface area (Å²) in [5, 5.41) is 3.44. The Kier molecular flexibility index (Phi) is 6.30. The van der Waals surface area contributed by atoms with Crippen LogP contribution < -0.4 is 11.1 Å². The molecule has 3 N–H and O–H groups in total. The highest BCUT2D eigenvalue weighted by molar-refractivity contribution is 5.84. The number of ether oxygens (including phenoxy) is 1. The van der Waals surface area contributed by atoms with Gasteiger partial charge in [-0.25, -0.2) is 4.39 Å². The Morgan fingerprint density at radius 2 is 1.96 bits per heavy atom. The minimum absolute atomic E-state index is 0.150. The van der Waals surface area contributed by atoms with Crippen LogP contribution in [0.3, 0.4) is 0 Å². The summed E-state index contributed by atoms with van der Waals surface area (Å²) in [6, 6.07) is 5.18. The van der Waals surface area contributed by atoms with E-state index in [1.54, 1.807) is 12.1 Å². The van der Waals surface area contributed by atoms with E-state index < -0.39 is 5.54 Å². The first-order valence-corrected chi connectivity index (χ1v) is 9.89. The highest BCUT2D eigenvalue weighted by Crippen LogP contribution is 2.38. The Balaban J connectivity index is 1.46. The molecule has 0 aromatic heterocycles. The van der Waals surface area contributed by atoms with E-state index in [2.05, 4.69) is 5.32 Å². The van der Waals surface area contributed by atoms with Crippen molar-refractivity contribution in [2.75, 3.05) is 19.8 Å². The first-order valence-electron chi connectivity index (χ1n) is 9.89. The second-order valence-corrected chi connectivity index (χ2v) is 7.99. The first-order chi connectivity index (χ1) is 12.5. The van der Waals surface area contributed by atoms with E-state index in [1.807, 2.05) is 13.0 Å². The van der Waals surface area contributed by atoms with E-state index in [0.29, 0.717) is 37.9 Å². The van der Waals surface area contributed by atoms with E-state index in [1.165, 1.54) is 18.4 Å². The van der Waals surface area contributed by atoms with Gasteiger partial charge in [0.15, 0.2) is 0 Å². The summed E-state index contributed by atoms with van der Waals surface area (Å²) < 4.78 is 18.7. The van der Waals surface area contributed by atoms with Crippen LogP contribution in [0.4, 0.5) is 4.39 Å². The number of primary amides is 1. The molecule has 1 aromatic carbocycles. The number of rotatable bonds is 6. The number of amides is 1. The van der Waals surface area contributed by atoms with E-state index in [-0.39, 0.29) is 11.7 Å². The maximum atomic E-state index is 13.3. The molecular weight excluding hydrogens is 331 g/mol. The minimum Gasteiger partial charge on any atom is -0.381 e. The standard InChI is InChI=1S/C21H31FN2O2/c1-15-14-18(22)6-7-19(15)17-4-2-16(3-5-17)8-11-24-21(20(23)25)9-12-26-13-10-21/h6-7,14,16-17,24H,2-5,8-13H2,1H3,(H2,23,25). The molecule has 1 aromatic rings. The molecule has 4 nitrogen and oxygen atoms in total. The average molecular weight is 362 g/mol. The molecule has 1 saturated heterocycles. The normalized spacial score (nSPS) is 25.8. The lowest BCUT2D eigenvalue weighted by atomic mass is 9.76. The number of halogens is 1. The number of carbonyl (C=O) groups excluding carboxylic acids is 1. The lowest BCUT2D eigenvalue weighted by Crippen LogP contribution is -2.58. The Hall–Kier alpha value is -1.46. The van der Waals surface area contributed by atoms with Crippen molar-refractivity contribution in [2.24, 2.45) is 11.7 Å². The van der Waals surface area contributed by atoms with Gasteiger partial charge in [0, 0.05) is 13.2 Å². The number of hydrogen-bond donors (Lipinski definition) is 2. The van der Waals surface area contributed by atoms with Crippen LogP contribution >= 0.6 is 0 Å². The zero-order valence-electron chi connectivity index (χ0n) is 15.7. The molecule has 144 valence electrons. The van der Waals surface area contributed by atoms with Crippen molar-refractivity contribution < 1.29 is 13.9 Å². The van der Waals surface area contributed by atoms with E-state index in [0.717, 1.165) is 31.4 Å². The van der Waals surface area contributed by atoms with Crippen LogP contribution in [0, 0.1) is 18.7 Å². The molecule has 0 atom stereocenters. The lowest BCUT2D eigenvalue weighted by Gasteiger charge is -2.36. The van der Waals surface area contributed by atoms with Crippen LogP contribution in [0.15, 0.2) is 18.2 Å². The van der Waals surface area contributed by atoms with Gasteiger partial charge in [-0.2, -0.15) is 0 Å². The third kappa shape index (κ3) is 4.44. The maximum Gasteiger partial charge on any atom is 0.237 e. The molecule has 5 heteroatoms. The molecule has 1 saturated carbocycles. The quantitative estimate of drug-likeness (QED) is 0.815. The Bertz CT molecular complexity index is 620. The third-order valence-electron chi connectivity index (χ3n) is 6.35. The fourth-order valence-corrected chi connectivity index (χ4v) is 4.61. The Labute approximate surface area is 155 Å². The van der Waals surface area contributed by atoms with Crippen molar-refractivity contribution in [2.45, 2.75) is 63.3 Å². The van der Waals surface area contributed by atoms with Gasteiger partial charge in [0.2, 0.25) is 5.91 Å². The smallest absolute Gasteiger partial charge is 0.237 e. The summed E-state index contributed by atoms with van der Waals surface area (Å²) >= 11 is 0.